The summed E-state index contributed by atoms with van der Waals surface area (Å²) >= 11 is 0. The Balaban J connectivity index is 2.03. The molecule has 2 aromatic heterocycles. The fourth-order valence-electron chi connectivity index (χ4n) is 2.14. The van der Waals surface area contributed by atoms with Gasteiger partial charge in [-0.1, -0.05) is 19.0 Å². The molecule has 0 aromatic carbocycles. The van der Waals surface area contributed by atoms with E-state index in [1.807, 2.05) is 6.92 Å². The van der Waals surface area contributed by atoms with Crippen molar-refractivity contribution in [2.45, 2.75) is 33.6 Å². The molecule has 0 bridgehead atoms. The van der Waals surface area contributed by atoms with Crippen molar-refractivity contribution in [2.75, 3.05) is 13.2 Å². The molecule has 2 aromatic rings. The molecule has 6 heteroatoms. The van der Waals surface area contributed by atoms with E-state index in [-0.39, 0.29) is 17.9 Å². The minimum atomic E-state index is -0.165. The van der Waals surface area contributed by atoms with Gasteiger partial charge in [-0.25, -0.2) is 4.98 Å². The summed E-state index contributed by atoms with van der Waals surface area (Å²) in [7, 11) is 0. The SMILES string of the molecule is Cc1noc2ncc(C(=O)NCC(C)(C)CCCO)cc12. The lowest BCUT2D eigenvalue weighted by Gasteiger charge is -2.24. The first-order chi connectivity index (χ1) is 9.93. The molecule has 2 rings (SSSR count). The van der Waals surface area contributed by atoms with Gasteiger partial charge in [0.15, 0.2) is 0 Å². The minimum Gasteiger partial charge on any atom is -0.396 e. The third kappa shape index (κ3) is 3.78. The highest BCUT2D eigenvalue weighted by molar-refractivity contribution is 5.96. The number of aryl methyl sites for hydroxylation is 1. The summed E-state index contributed by atoms with van der Waals surface area (Å²) in [6, 6.07) is 1.74. The molecule has 2 N–H and O–H groups in total. The van der Waals surface area contributed by atoms with Gasteiger partial charge in [0.1, 0.15) is 0 Å². The standard InChI is InChI=1S/C15H21N3O3/c1-10-12-7-11(8-16-14(12)21-18-10)13(20)17-9-15(2,3)5-4-6-19/h7-8,19H,4-6,9H2,1-3H3,(H,17,20). The predicted octanol–water partition coefficient (Wildman–Crippen LogP) is 2.06. The van der Waals surface area contributed by atoms with E-state index in [2.05, 4.69) is 29.3 Å². The highest BCUT2D eigenvalue weighted by atomic mass is 16.5. The minimum absolute atomic E-state index is 0.0525. The van der Waals surface area contributed by atoms with Gasteiger partial charge in [-0.3, -0.25) is 4.79 Å². The molecule has 0 aliphatic rings. The maximum atomic E-state index is 12.2. The van der Waals surface area contributed by atoms with Crippen LogP contribution < -0.4 is 5.32 Å². The number of aromatic nitrogens is 2. The summed E-state index contributed by atoms with van der Waals surface area (Å²) in [5.74, 6) is -0.165. The summed E-state index contributed by atoms with van der Waals surface area (Å²) in [5, 5.41) is 16.4. The number of carbonyl (C=O) groups excluding carboxylic acids is 1. The van der Waals surface area contributed by atoms with Crippen LogP contribution in [-0.4, -0.2) is 34.3 Å². The Bertz CT molecular complexity index is 634. The third-order valence-electron chi connectivity index (χ3n) is 3.51. The Kier molecular flexibility index (Phi) is 4.57. The first kappa shape index (κ1) is 15.4. The molecular weight excluding hydrogens is 270 g/mol. The quantitative estimate of drug-likeness (QED) is 0.850. The summed E-state index contributed by atoms with van der Waals surface area (Å²) in [5.41, 5.74) is 1.60. The van der Waals surface area contributed by atoms with Crippen LogP contribution in [0.1, 0.15) is 42.7 Å². The van der Waals surface area contributed by atoms with Crippen molar-refractivity contribution >= 4 is 17.0 Å². The number of aliphatic hydroxyl groups is 1. The number of hydrogen-bond acceptors (Lipinski definition) is 5. The highest BCUT2D eigenvalue weighted by Gasteiger charge is 2.19. The van der Waals surface area contributed by atoms with Gasteiger partial charge in [0.2, 0.25) is 0 Å². The van der Waals surface area contributed by atoms with Crippen LogP contribution in [0.4, 0.5) is 0 Å². The molecule has 114 valence electrons. The van der Waals surface area contributed by atoms with E-state index in [1.54, 1.807) is 6.07 Å². The molecule has 0 saturated heterocycles. The van der Waals surface area contributed by atoms with Crippen LogP contribution in [0.2, 0.25) is 0 Å². The van der Waals surface area contributed by atoms with E-state index in [0.29, 0.717) is 17.8 Å². The average molecular weight is 291 g/mol. The Labute approximate surface area is 123 Å². The monoisotopic (exact) mass is 291 g/mol. The largest absolute Gasteiger partial charge is 0.396 e. The second kappa shape index (κ2) is 6.22. The fourth-order valence-corrected chi connectivity index (χ4v) is 2.14. The first-order valence-corrected chi connectivity index (χ1v) is 7.04. The summed E-state index contributed by atoms with van der Waals surface area (Å²) in [6.45, 7) is 6.66. The van der Waals surface area contributed by atoms with Gasteiger partial charge in [-0.15, -0.1) is 0 Å². The molecule has 0 aliphatic carbocycles. The van der Waals surface area contributed by atoms with Crippen LogP contribution in [0.25, 0.3) is 11.1 Å². The average Bonchev–Trinajstić information content (AvgIpc) is 2.84. The molecule has 1 amide bonds. The second-order valence-corrected chi connectivity index (χ2v) is 6.02. The molecule has 0 aliphatic heterocycles. The number of hydrogen-bond donors (Lipinski definition) is 2. The summed E-state index contributed by atoms with van der Waals surface area (Å²) in [6.07, 6.45) is 3.07. The van der Waals surface area contributed by atoms with Crippen LogP contribution >= 0.6 is 0 Å². The molecule has 0 radical (unpaired) electrons. The van der Waals surface area contributed by atoms with Crippen molar-refractivity contribution in [1.29, 1.82) is 0 Å². The molecule has 0 atom stereocenters. The van der Waals surface area contributed by atoms with E-state index in [4.69, 9.17) is 9.63 Å². The summed E-state index contributed by atoms with van der Waals surface area (Å²) in [4.78, 5) is 16.3. The van der Waals surface area contributed by atoms with Crippen molar-refractivity contribution < 1.29 is 14.4 Å². The number of pyridine rings is 1. The lowest BCUT2D eigenvalue weighted by Crippen LogP contribution is -2.34. The van der Waals surface area contributed by atoms with Crippen LogP contribution in [0.15, 0.2) is 16.8 Å². The van der Waals surface area contributed by atoms with Crippen molar-refractivity contribution in [3.8, 4) is 0 Å². The van der Waals surface area contributed by atoms with Crippen molar-refractivity contribution in [1.82, 2.24) is 15.5 Å². The van der Waals surface area contributed by atoms with Gasteiger partial charge in [0.25, 0.3) is 11.6 Å². The lowest BCUT2D eigenvalue weighted by molar-refractivity contribution is 0.0932. The maximum Gasteiger partial charge on any atom is 0.257 e. The molecule has 0 fully saturated rings. The number of nitrogens with zero attached hydrogens (tertiary/aromatic N) is 2. The number of rotatable bonds is 6. The number of amides is 1. The lowest BCUT2D eigenvalue weighted by atomic mass is 9.88. The zero-order chi connectivity index (χ0) is 15.5. The Morgan fingerprint density at radius 2 is 2.24 bits per heavy atom. The van der Waals surface area contributed by atoms with Gasteiger partial charge in [-0.2, -0.15) is 0 Å². The van der Waals surface area contributed by atoms with Gasteiger partial charge < -0.3 is 14.9 Å². The Morgan fingerprint density at radius 1 is 1.48 bits per heavy atom. The number of fused-ring (bicyclic) bond motifs is 1. The smallest absolute Gasteiger partial charge is 0.257 e. The van der Waals surface area contributed by atoms with Gasteiger partial charge >= 0.3 is 0 Å². The van der Waals surface area contributed by atoms with Gasteiger partial charge in [0, 0.05) is 19.3 Å². The molecule has 0 spiro atoms. The van der Waals surface area contributed by atoms with Crippen LogP contribution in [-0.2, 0) is 0 Å². The zero-order valence-electron chi connectivity index (χ0n) is 12.6. The van der Waals surface area contributed by atoms with Gasteiger partial charge in [0.05, 0.1) is 16.6 Å². The predicted molar refractivity (Wildman–Crippen MR) is 79.0 cm³/mol. The molecule has 21 heavy (non-hydrogen) atoms. The molecule has 0 saturated carbocycles. The van der Waals surface area contributed by atoms with Crippen molar-refractivity contribution in [3.05, 3.63) is 23.5 Å². The third-order valence-corrected chi connectivity index (χ3v) is 3.51. The van der Waals surface area contributed by atoms with E-state index < -0.39 is 0 Å². The van der Waals surface area contributed by atoms with Crippen LogP contribution in [0.3, 0.4) is 0 Å². The fraction of sp³-hybridized carbons (Fsp3) is 0.533. The van der Waals surface area contributed by atoms with Crippen LogP contribution in [0, 0.1) is 12.3 Å². The van der Waals surface area contributed by atoms with E-state index in [9.17, 15) is 4.79 Å². The topological polar surface area (TPSA) is 88.2 Å². The highest BCUT2D eigenvalue weighted by Crippen LogP contribution is 2.21. The second-order valence-electron chi connectivity index (χ2n) is 6.02. The molecule has 2 heterocycles. The first-order valence-electron chi connectivity index (χ1n) is 7.04. The van der Waals surface area contributed by atoms with Crippen molar-refractivity contribution in [3.63, 3.8) is 0 Å². The Hall–Kier alpha value is -1.95. The van der Waals surface area contributed by atoms with E-state index >= 15 is 0 Å². The number of nitrogens with one attached hydrogen (secondary N) is 1. The maximum absolute atomic E-state index is 12.2. The van der Waals surface area contributed by atoms with Gasteiger partial charge in [-0.05, 0) is 31.2 Å². The number of carbonyl (C=O) groups is 1. The zero-order valence-corrected chi connectivity index (χ0v) is 12.6. The molecular formula is C15H21N3O3. The molecule has 6 nitrogen and oxygen atoms in total. The van der Waals surface area contributed by atoms with E-state index in [1.165, 1.54) is 6.20 Å². The molecule has 0 unspecified atom stereocenters. The van der Waals surface area contributed by atoms with Crippen molar-refractivity contribution in [2.24, 2.45) is 5.41 Å². The van der Waals surface area contributed by atoms with E-state index in [0.717, 1.165) is 23.9 Å². The van der Waals surface area contributed by atoms with Crippen LogP contribution in [0.5, 0.6) is 0 Å². The Morgan fingerprint density at radius 3 is 2.95 bits per heavy atom. The summed E-state index contributed by atoms with van der Waals surface area (Å²) < 4.78 is 5.03. The normalized spacial score (nSPS) is 11.8. The number of aliphatic hydroxyl groups excluding tert-OH is 1.